The first-order valence-corrected chi connectivity index (χ1v) is 7.02. The summed E-state index contributed by atoms with van der Waals surface area (Å²) in [7, 11) is 0. The van der Waals surface area contributed by atoms with Gasteiger partial charge in [0.1, 0.15) is 5.75 Å². The number of carbonyl (C=O) groups is 2. The fraction of sp³-hybridized carbons (Fsp3) is 0.176. The molecule has 6 heteroatoms. The van der Waals surface area contributed by atoms with Crippen molar-refractivity contribution in [2.75, 3.05) is 0 Å². The molecule has 0 bridgehead atoms. The van der Waals surface area contributed by atoms with Crippen molar-refractivity contribution in [3.05, 3.63) is 65.7 Å². The molecule has 0 saturated heterocycles. The lowest BCUT2D eigenvalue weighted by Gasteiger charge is -2.21. The van der Waals surface area contributed by atoms with Gasteiger partial charge in [0.05, 0.1) is 6.04 Å². The van der Waals surface area contributed by atoms with E-state index in [0.717, 1.165) is 0 Å². The van der Waals surface area contributed by atoms with Gasteiger partial charge in [-0.2, -0.15) is 0 Å². The van der Waals surface area contributed by atoms with Gasteiger partial charge in [0.15, 0.2) is 6.10 Å². The van der Waals surface area contributed by atoms with Gasteiger partial charge >= 0.3 is 5.97 Å². The highest BCUT2D eigenvalue weighted by Crippen LogP contribution is 2.14. The number of hydrogen-bond donors (Lipinski definition) is 4. The minimum Gasteiger partial charge on any atom is -0.508 e. The van der Waals surface area contributed by atoms with E-state index in [-0.39, 0.29) is 12.2 Å². The van der Waals surface area contributed by atoms with E-state index in [2.05, 4.69) is 5.32 Å². The number of benzene rings is 2. The Labute approximate surface area is 133 Å². The Bertz CT molecular complexity index is 686. The summed E-state index contributed by atoms with van der Waals surface area (Å²) < 4.78 is 0. The summed E-state index contributed by atoms with van der Waals surface area (Å²) in [5.41, 5.74) is 0.967. The van der Waals surface area contributed by atoms with Crippen molar-refractivity contribution in [1.29, 1.82) is 0 Å². The van der Waals surface area contributed by atoms with E-state index in [0.29, 0.717) is 11.1 Å². The normalized spacial score (nSPS) is 13.1. The molecular formula is C17H17NO5. The van der Waals surface area contributed by atoms with Gasteiger partial charge in [-0.15, -0.1) is 0 Å². The smallest absolute Gasteiger partial charge is 0.334 e. The predicted octanol–water partition coefficient (Wildman–Crippen LogP) is 1.18. The Hall–Kier alpha value is -2.86. The second kappa shape index (κ2) is 7.42. The van der Waals surface area contributed by atoms with Crippen LogP contribution in [-0.4, -0.2) is 39.3 Å². The van der Waals surface area contributed by atoms with Crippen LogP contribution in [0.2, 0.25) is 0 Å². The van der Waals surface area contributed by atoms with Gasteiger partial charge in [0.25, 0.3) is 5.91 Å². The Morgan fingerprint density at radius 2 is 1.74 bits per heavy atom. The van der Waals surface area contributed by atoms with Gasteiger partial charge in [-0.3, -0.25) is 4.79 Å². The number of carboxylic acid groups (broad SMARTS) is 1. The monoisotopic (exact) mass is 315 g/mol. The maximum absolute atomic E-state index is 12.2. The molecule has 0 aliphatic rings. The van der Waals surface area contributed by atoms with Crippen molar-refractivity contribution >= 4 is 11.9 Å². The van der Waals surface area contributed by atoms with Crippen LogP contribution in [0.5, 0.6) is 5.75 Å². The number of hydrogen-bond acceptors (Lipinski definition) is 4. The van der Waals surface area contributed by atoms with E-state index in [4.69, 9.17) is 5.11 Å². The molecule has 2 rings (SSSR count). The summed E-state index contributed by atoms with van der Waals surface area (Å²) >= 11 is 0. The number of carbonyl (C=O) groups excluding carboxylic acids is 1. The van der Waals surface area contributed by atoms with Crippen molar-refractivity contribution in [1.82, 2.24) is 5.32 Å². The third-order valence-electron chi connectivity index (χ3n) is 3.35. The van der Waals surface area contributed by atoms with E-state index >= 15 is 0 Å². The number of nitrogens with one attached hydrogen (secondary N) is 1. The van der Waals surface area contributed by atoms with E-state index in [1.165, 1.54) is 12.1 Å². The lowest BCUT2D eigenvalue weighted by atomic mass is 10.0. The summed E-state index contributed by atoms with van der Waals surface area (Å²) in [4.78, 5) is 23.2. The summed E-state index contributed by atoms with van der Waals surface area (Å²) in [6, 6.07) is 13.5. The maximum Gasteiger partial charge on any atom is 0.334 e. The highest BCUT2D eigenvalue weighted by atomic mass is 16.4. The van der Waals surface area contributed by atoms with Crippen molar-refractivity contribution in [3.8, 4) is 5.75 Å². The summed E-state index contributed by atoms with van der Waals surface area (Å²) in [6.45, 7) is 0. The van der Waals surface area contributed by atoms with Crippen LogP contribution >= 0.6 is 0 Å². The molecule has 0 saturated carbocycles. The molecule has 2 aromatic rings. The lowest BCUT2D eigenvalue weighted by Crippen LogP contribution is -2.48. The molecule has 1 amide bonds. The van der Waals surface area contributed by atoms with Crippen LogP contribution in [-0.2, 0) is 11.2 Å². The molecule has 6 nitrogen and oxygen atoms in total. The summed E-state index contributed by atoms with van der Waals surface area (Å²) in [5, 5.41) is 30.9. The maximum atomic E-state index is 12.2. The average Bonchev–Trinajstić information content (AvgIpc) is 2.54. The molecule has 120 valence electrons. The predicted molar refractivity (Wildman–Crippen MR) is 83.1 cm³/mol. The Morgan fingerprint density at radius 1 is 1.04 bits per heavy atom. The van der Waals surface area contributed by atoms with E-state index in [9.17, 15) is 19.8 Å². The lowest BCUT2D eigenvalue weighted by molar-refractivity contribution is -0.148. The molecule has 4 N–H and O–H groups in total. The number of phenolic OH excluding ortho intramolecular Hbond substituents is 1. The van der Waals surface area contributed by atoms with Gasteiger partial charge in [-0.1, -0.05) is 30.3 Å². The number of amides is 1. The summed E-state index contributed by atoms with van der Waals surface area (Å²) in [5.74, 6) is -1.87. The van der Waals surface area contributed by atoms with Crippen LogP contribution in [0.1, 0.15) is 15.9 Å². The quantitative estimate of drug-likeness (QED) is 0.640. The largest absolute Gasteiger partial charge is 0.508 e. The molecule has 0 heterocycles. The van der Waals surface area contributed by atoms with Crippen molar-refractivity contribution in [2.24, 2.45) is 0 Å². The van der Waals surface area contributed by atoms with Gasteiger partial charge in [0, 0.05) is 5.56 Å². The van der Waals surface area contributed by atoms with Crippen LogP contribution in [0.15, 0.2) is 54.6 Å². The molecule has 23 heavy (non-hydrogen) atoms. The second-order valence-electron chi connectivity index (χ2n) is 5.10. The van der Waals surface area contributed by atoms with Gasteiger partial charge in [-0.05, 0) is 36.2 Å². The molecule has 0 aromatic heterocycles. The first kappa shape index (κ1) is 16.5. The molecule has 0 spiro atoms. The van der Waals surface area contributed by atoms with Crippen molar-refractivity contribution < 1.29 is 24.9 Å². The minimum atomic E-state index is -1.76. The number of carboxylic acids is 1. The highest BCUT2D eigenvalue weighted by molar-refractivity contribution is 5.94. The number of rotatable bonds is 6. The number of aromatic hydroxyl groups is 1. The zero-order valence-corrected chi connectivity index (χ0v) is 12.2. The third kappa shape index (κ3) is 4.55. The third-order valence-corrected chi connectivity index (χ3v) is 3.35. The van der Waals surface area contributed by atoms with E-state index < -0.39 is 24.0 Å². The van der Waals surface area contributed by atoms with Crippen molar-refractivity contribution in [2.45, 2.75) is 18.6 Å². The second-order valence-corrected chi connectivity index (χ2v) is 5.10. The molecule has 0 aliphatic carbocycles. The van der Waals surface area contributed by atoms with Crippen LogP contribution in [0.25, 0.3) is 0 Å². The molecule has 0 fully saturated rings. The first-order valence-electron chi connectivity index (χ1n) is 7.02. The van der Waals surface area contributed by atoms with Crippen LogP contribution in [0.4, 0.5) is 0 Å². The van der Waals surface area contributed by atoms with Crippen LogP contribution < -0.4 is 5.32 Å². The van der Waals surface area contributed by atoms with Gasteiger partial charge < -0.3 is 20.6 Å². The zero-order chi connectivity index (χ0) is 16.8. The standard InChI is InChI=1S/C17H17NO5/c19-13-8-4-5-11(9-13)10-14(15(20)17(22)23)18-16(21)12-6-2-1-3-7-12/h1-9,14-15,19-20H,10H2,(H,18,21)(H,22,23). The fourth-order valence-electron chi connectivity index (χ4n) is 2.19. The SMILES string of the molecule is O=C(NC(Cc1cccc(O)c1)C(O)C(=O)O)c1ccccc1. The Morgan fingerprint density at radius 3 is 2.35 bits per heavy atom. The number of aliphatic hydroxyl groups is 1. The molecule has 0 radical (unpaired) electrons. The molecule has 0 aliphatic heterocycles. The van der Waals surface area contributed by atoms with Crippen LogP contribution in [0.3, 0.4) is 0 Å². The molecule has 2 atom stereocenters. The molecule has 2 unspecified atom stereocenters. The molecular weight excluding hydrogens is 298 g/mol. The minimum absolute atomic E-state index is 0.0282. The Balaban J connectivity index is 2.17. The highest BCUT2D eigenvalue weighted by Gasteiger charge is 2.28. The van der Waals surface area contributed by atoms with Crippen molar-refractivity contribution in [3.63, 3.8) is 0 Å². The summed E-state index contributed by atoms with van der Waals surface area (Å²) in [6.07, 6.45) is -1.69. The topological polar surface area (TPSA) is 107 Å². The van der Waals surface area contributed by atoms with Gasteiger partial charge in [-0.25, -0.2) is 4.79 Å². The number of aliphatic carboxylic acids is 1. The van der Waals surface area contributed by atoms with Gasteiger partial charge in [0.2, 0.25) is 0 Å². The van der Waals surface area contributed by atoms with E-state index in [1.54, 1.807) is 42.5 Å². The number of aliphatic hydroxyl groups excluding tert-OH is 1. The van der Waals surface area contributed by atoms with E-state index in [1.807, 2.05) is 0 Å². The first-order chi connectivity index (χ1) is 11.0. The Kier molecular flexibility index (Phi) is 5.32. The molecule has 2 aromatic carbocycles. The zero-order valence-electron chi connectivity index (χ0n) is 12.2. The fourth-order valence-corrected chi connectivity index (χ4v) is 2.19. The van der Waals surface area contributed by atoms with Crippen LogP contribution in [0, 0.1) is 0 Å². The number of phenols is 1. The average molecular weight is 315 g/mol.